The van der Waals surface area contributed by atoms with E-state index in [4.69, 9.17) is 0 Å². The molecule has 1 rings (SSSR count). The number of hydrogen-bond donors (Lipinski definition) is 3. The van der Waals surface area contributed by atoms with Gasteiger partial charge in [0.1, 0.15) is 6.04 Å². The number of hydrogen-bond acceptors (Lipinski definition) is 4. The fourth-order valence-electron chi connectivity index (χ4n) is 1.47. The van der Waals surface area contributed by atoms with Gasteiger partial charge < -0.3 is 16.0 Å². The maximum atomic E-state index is 11.7. The van der Waals surface area contributed by atoms with Crippen molar-refractivity contribution in [1.29, 1.82) is 0 Å². The van der Waals surface area contributed by atoms with Crippen molar-refractivity contribution in [3.05, 3.63) is 22.4 Å². The third kappa shape index (κ3) is 6.88. The second kappa shape index (κ2) is 10.7. The number of amides is 2. The number of nitrogens with one attached hydrogen (secondary N) is 3. The third-order valence-electron chi connectivity index (χ3n) is 2.51. The molecular weight excluding hydrogens is 298 g/mol. The van der Waals surface area contributed by atoms with Crippen molar-refractivity contribution in [2.24, 2.45) is 0 Å². The molecule has 0 spiro atoms. The molecule has 0 fully saturated rings. The molecule has 20 heavy (non-hydrogen) atoms. The van der Waals surface area contributed by atoms with Crippen molar-refractivity contribution in [2.45, 2.75) is 26.3 Å². The fraction of sp³-hybridized carbons (Fsp3) is 0.538. The van der Waals surface area contributed by atoms with Crippen LogP contribution in [0.1, 0.15) is 29.9 Å². The zero-order valence-electron chi connectivity index (χ0n) is 11.8. The molecule has 1 atom stereocenters. The Balaban J connectivity index is 0.00000361. The fourth-order valence-corrected chi connectivity index (χ4v) is 2.10. The molecule has 0 aliphatic rings. The minimum Gasteiger partial charge on any atom is -0.353 e. The molecule has 0 radical (unpaired) electrons. The summed E-state index contributed by atoms with van der Waals surface area (Å²) in [6.45, 7) is 6.03. The summed E-state index contributed by atoms with van der Waals surface area (Å²) in [7, 11) is 0. The van der Waals surface area contributed by atoms with Crippen LogP contribution in [0.4, 0.5) is 0 Å². The molecule has 0 aliphatic carbocycles. The van der Waals surface area contributed by atoms with Gasteiger partial charge in [-0.25, -0.2) is 0 Å². The zero-order chi connectivity index (χ0) is 14.1. The molecule has 1 heterocycles. The Bertz CT molecular complexity index is 398. The van der Waals surface area contributed by atoms with E-state index in [1.165, 1.54) is 11.3 Å². The third-order valence-corrected chi connectivity index (χ3v) is 3.38. The highest BCUT2D eigenvalue weighted by atomic mass is 35.5. The van der Waals surface area contributed by atoms with E-state index in [2.05, 4.69) is 22.9 Å². The predicted molar refractivity (Wildman–Crippen MR) is 84.7 cm³/mol. The molecule has 3 N–H and O–H groups in total. The van der Waals surface area contributed by atoms with Gasteiger partial charge in [-0.2, -0.15) is 0 Å². The quantitative estimate of drug-likeness (QED) is 0.634. The van der Waals surface area contributed by atoms with Gasteiger partial charge in [0.25, 0.3) is 5.91 Å². The standard InChI is InChI=1S/C13H21N3O2S.ClH/c1-3-6-14-7-8-15-12(17)10(2)16-13(18)11-5-4-9-19-11;/h4-5,9-10,14H,3,6-8H2,1-2H3,(H,15,17)(H,16,18);1H. The average molecular weight is 320 g/mol. The van der Waals surface area contributed by atoms with E-state index in [0.29, 0.717) is 11.4 Å². The highest BCUT2D eigenvalue weighted by Gasteiger charge is 2.16. The van der Waals surface area contributed by atoms with Crippen LogP contribution < -0.4 is 16.0 Å². The lowest BCUT2D eigenvalue weighted by Gasteiger charge is -2.13. The molecule has 0 bridgehead atoms. The van der Waals surface area contributed by atoms with Crippen molar-refractivity contribution >= 4 is 35.6 Å². The second-order valence-corrected chi connectivity index (χ2v) is 5.16. The molecule has 0 saturated carbocycles. The number of rotatable bonds is 8. The van der Waals surface area contributed by atoms with Crippen molar-refractivity contribution in [3.63, 3.8) is 0 Å². The highest BCUT2D eigenvalue weighted by molar-refractivity contribution is 7.12. The van der Waals surface area contributed by atoms with E-state index < -0.39 is 6.04 Å². The van der Waals surface area contributed by atoms with Gasteiger partial charge in [-0.05, 0) is 31.3 Å². The van der Waals surface area contributed by atoms with Gasteiger partial charge >= 0.3 is 0 Å². The molecular formula is C13H22ClN3O2S. The molecule has 0 saturated heterocycles. The van der Waals surface area contributed by atoms with Crippen LogP contribution >= 0.6 is 23.7 Å². The first kappa shape index (κ1) is 18.9. The molecule has 0 aromatic carbocycles. The number of halogens is 1. The summed E-state index contributed by atoms with van der Waals surface area (Å²) < 4.78 is 0. The predicted octanol–water partition coefficient (Wildman–Crippen LogP) is 1.40. The second-order valence-electron chi connectivity index (χ2n) is 4.21. The van der Waals surface area contributed by atoms with E-state index in [1.54, 1.807) is 13.0 Å². The lowest BCUT2D eigenvalue weighted by molar-refractivity contribution is -0.122. The molecule has 2 amide bonds. The summed E-state index contributed by atoms with van der Waals surface area (Å²) in [5.74, 6) is -0.370. The van der Waals surface area contributed by atoms with E-state index in [9.17, 15) is 9.59 Å². The molecule has 1 unspecified atom stereocenters. The summed E-state index contributed by atoms with van der Waals surface area (Å²) in [5.41, 5.74) is 0. The Morgan fingerprint density at radius 2 is 2.05 bits per heavy atom. The van der Waals surface area contributed by atoms with E-state index >= 15 is 0 Å². The summed E-state index contributed by atoms with van der Waals surface area (Å²) >= 11 is 1.36. The van der Waals surface area contributed by atoms with Gasteiger partial charge in [-0.1, -0.05) is 13.0 Å². The largest absolute Gasteiger partial charge is 0.353 e. The van der Waals surface area contributed by atoms with Crippen molar-refractivity contribution in [2.75, 3.05) is 19.6 Å². The van der Waals surface area contributed by atoms with Crippen molar-refractivity contribution in [1.82, 2.24) is 16.0 Å². The first-order valence-corrected chi connectivity index (χ1v) is 7.36. The lowest BCUT2D eigenvalue weighted by atomic mass is 10.3. The Hall–Kier alpha value is -1.11. The Morgan fingerprint density at radius 1 is 1.30 bits per heavy atom. The van der Waals surface area contributed by atoms with E-state index in [0.717, 1.165) is 19.5 Å². The molecule has 1 aromatic heterocycles. The van der Waals surface area contributed by atoms with Gasteiger partial charge in [0, 0.05) is 13.1 Å². The molecule has 7 heteroatoms. The van der Waals surface area contributed by atoms with Gasteiger partial charge in [0.15, 0.2) is 0 Å². The van der Waals surface area contributed by atoms with Gasteiger partial charge in [-0.3, -0.25) is 9.59 Å². The monoisotopic (exact) mass is 319 g/mol. The van der Waals surface area contributed by atoms with Crippen LogP contribution in [-0.4, -0.2) is 37.5 Å². The first-order chi connectivity index (χ1) is 9.15. The summed E-state index contributed by atoms with van der Waals surface area (Å²) in [5, 5.41) is 10.5. The Morgan fingerprint density at radius 3 is 2.65 bits per heavy atom. The summed E-state index contributed by atoms with van der Waals surface area (Å²) in [6.07, 6.45) is 1.07. The summed E-state index contributed by atoms with van der Waals surface area (Å²) in [4.78, 5) is 24.1. The van der Waals surface area contributed by atoms with Crippen LogP contribution in [0.3, 0.4) is 0 Å². The SMILES string of the molecule is CCCNCCNC(=O)C(C)NC(=O)c1cccs1.Cl. The van der Waals surface area contributed by atoms with Crippen LogP contribution in [0.25, 0.3) is 0 Å². The van der Waals surface area contributed by atoms with Crippen LogP contribution in [0.5, 0.6) is 0 Å². The number of carbonyl (C=O) groups is 2. The minimum atomic E-state index is -0.527. The van der Waals surface area contributed by atoms with Crippen LogP contribution in [0.15, 0.2) is 17.5 Å². The summed E-state index contributed by atoms with van der Waals surface area (Å²) in [6, 6.07) is 3.02. The van der Waals surface area contributed by atoms with Gasteiger partial charge in [0.2, 0.25) is 5.91 Å². The lowest BCUT2D eigenvalue weighted by Crippen LogP contribution is -2.46. The maximum Gasteiger partial charge on any atom is 0.261 e. The van der Waals surface area contributed by atoms with Crippen LogP contribution in [-0.2, 0) is 4.79 Å². The smallest absolute Gasteiger partial charge is 0.261 e. The van der Waals surface area contributed by atoms with Gasteiger partial charge in [0.05, 0.1) is 4.88 Å². The first-order valence-electron chi connectivity index (χ1n) is 6.48. The Labute approximate surface area is 129 Å². The average Bonchev–Trinajstić information content (AvgIpc) is 2.92. The topological polar surface area (TPSA) is 70.2 Å². The van der Waals surface area contributed by atoms with Crippen LogP contribution in [0.2, 0.25) is 0 Å². The maximum absolute atomic E-state index is 11.7. The number of carbonyl (C=O) groups excluding carboxylic acids is 2. The molecule has 5 nitrogen and oxygen atoms in total. The zero-order valence-corrected chi connectivity index (χ0v) is 13.4. The molecule has 114 valence electrons. The normalized spacial score (nSPS) is 11.3. The van der Waals surface area contributed by atoms with Gasteiger partial charge in [-0.15, -0.1) is 23.7 Å². The Kier molecular flexibility index (Phi) is 10.1. The van der Waals surface area contributed by atoms with Crippen molar-refractivity contribution in [3.8, 4) is 0 Å². The van der Waals surface area contributed by atoms with Crippen LogP contribution in [0, 0.1) is 0 Å². The van der Waals surface area contributed by atoms with Crippen molar-refractivity contribution < 1.29 is 9.59 Å². The van der Waals surface area contributed by atoms with E-state index in [-0.39, 0.29) is 24.2 Å². The minimum absolute atomic E-state index is 0. The molecule has 0 aliphatic heterocycles. The molecule has 1 aromatic rings. The van der Waals surface area contributed by atoms with E-state index in [1.807, 2.05) is 11.4 Å². The number of thiophene rings is 1. The highest BCUT2D eigenvalue weighted by Crippen LogP contribution is 2.07.